The smallest absolute Gasteiger partial charge is 0.266 e. The summed E-state index contributed by atoms with van der Waals surface area (Å²) in [6.45, 7) is 0. The molecule has 3 aromatic carbocycles. The van der Waals surface area contributed by atoms with Crippen molar-refractivity contribution < 1.29 is 4.21 Å². The summed E-state index contributed by atoms with van der Waals surface area (Å²) in [5.41, 5.74) is 1.21. The number of halogens is 1. The van der Waals surface area contributed by atoms with Crippen LogP contribution in [0, 0.1) is 0 Å². The van der Waals surface area contributed by atoms with Crippen LogP contribution in [0.25, 0.3) is 16.6 Å². The lowest BCUT2D eigenvalue weighted by atomic mass is 10.2. The third kappa shape index (κ3) is 4.45. The first-order valence-corrected chi connectivity index (χ1v) is 11.7. The Morgan fingerprint density at radius 2 is 1.62 bits per heavy atom. The molecule has 1 heterocycles. The lowest BCUT2D eigenvalue weighted by molar-refractivity contribution is 0.684. The zero-order valence-corrected chi connectivity index (χ0v) is 17.7. The highest BCUT2D eigenvalue weighted by Gasteiger charge is 2.14. The average molecular weight is 441 g/mol. The fourth-order valence-electron chi connectivity index (χ4n) is 2.93. The van der Waals surface area contributed by atoms with Gasteiger partial charge in [-0.25, -0.2) is 4.98 Å². The number of fused-ring (bicyclic) bond motifs is 1. The largest absolute Gasteiger partial charge is 0.268 e. The van der Waals surface area contributed by atoms with E-state index in [1.165, 1.54) is 11.8 Å². The Morgan fingerprint density at radius 3 is 2.38 bits per heavy atom. The van der Waals surface area contributed by atoms with E-state index >= 15 is 0 Å². The molecule has 0 fully saturated rings. The first-order chi connectivity index (χ1) is 14.1. The van der Waals surface area contributed by atoms with Crippen LogP contribution in [-0.4, -0.2) is 25.3 Å². The number of hydrogen-bond donors (Lipinski definition) is 0. The van der Waals surface area contributed by atoms with Crippen LogP contribution in [0.2, 0.25) is 5.02 Å². The van der Waals surface area contributed by atoms with Crippen LogP contribution >= 0.6 is 23.4 Å². The normalized spacial score (nSPS) is 12.2. The Morgan fingerprint density at radius 1 is 0.931 bits per heavy atom. The van der Waals surface area contributed by atoms with Crippen LogP contribution in [0.4, 0.5) is 0 Å². The van der Waals surface area contributed by atoms with Crippen LogP contribution in [0.3, 0.4) is 0 Å². The van der Waals surface area contributed by atoms with E-state index in [1.54, 1.807) is 34.9 Å². The van der Waals surface area contributed by atoms with E-state index in [0.29, 0.717) is 38.3 Å². The predicted octanol–water partition coefficient (Wildman–Crippen LogP) is 4.94. The van der Waals surface area contributed by atoms with Crippen molar-refractivity contribution in [3.63, 3.8) is 0 Å². The Labute approximate surface area is 180 Å². The zero-order valence-electron chi connectivity index (χ0n) is 15.3. The number of hydrogen-bond acceptors (Lipinski definition) is 4. The van der Waals surface area contributed by atoms with Crippen molar-refractivity contribution in [2.75, 3.05) is 11.5 Å². The van der Waals surface area contributed by atoms with Crippen molar-refractivity contribution in [3.8, 4) is 5.69 Å². The maximum absolute atomic E-state index is 13.2. The van der Waals surface area contributed by atoms with Crippen molar-refractivity contribution in [1.29, 1.82) is 0 Å². The lowest BCUT2D eigenvalue weighted by Crippen LogP contribution is -2.22. The monoisotopic (exact) mass is 440 g/mol. The van der Waals surface area contributed by atoms with Crippen molar-refractivity contribution in [2.45, 2.75) is 10.1 Å². The molecule has 0 spiro atoms. The van der Waals surface area contributed by atoms with Gasteiger partial charge in [-0.05, 0) is 48.5 Å². The second kappa shape index (κ2) is 8.95. The summed E-state index contributed by atoms with van der Waals surface area (Å²) in [7, 11) is -1.10. The number of thioether (sulfide) groups is 1. The molecule has 0 radical (unpaired) electrons. The molecule has 0 amide bonds. The van der Waals surface area contributed by atoms with E-state index in [2.05, 4.69) is 0 Å². The van der Waals surface area contributed by atoms with Crippen molar-refractivity contribution in [3.05, 3.63) is 94.2 Å². The third-order valence-corrected chi connectivity index (χ3v) is 7.16. The Balaban J connectivity index is 1.67. The number of benzene rings is 3. The van der Waals surface area contributed by atoms with Gasteiger partial charge in [0.1, 0.15) is 0 Å². The molecule has 4 nitrogen and oxygen atoms in total. The van der Waals surface area contributed by atoms with Gasteiger partial charge in [0.2, 0.25) is 0 Å². The molecule has 1 unspecified atom stereocenters. The second-order valence-electron chi connectivity index (χ2n) is 6.24. The first kappa shape index (κ1) is 19.9. The van der Waals surface area contributed by atoms with Gasteiger partial charge in [-0.1, -0.05) is 53.7 Å². The summed E-state index contributed by atoms with van der Waals surface area (Å²) >= 11 is 7.43. The molecule has 0 saturated carbocycles. The molecule has 0 aliphatic rings. The number of nitrogens with zero attached hydrogens (tertiary/aromatic N) is 2. The summed E-state index contributed by atoms with van der Waals surface area (Å²) in [6.07, 6.45) is 0. The SMILES string of the molecule is O=c1c2ccccc2nc(SCCS(=O)c2ccccc2)n1-c1ccc(Cl)cc1. The molecule has 1 atom stereocenters. The summed E-state index contributed by atoms with van der Waals surface area (Å²) in [5.74, 6) is 1.04. The van der Waals surface area contributed by atoms with Crippen molar-refractivity contribution in [2.24, 2.45) is 0 Å². The minimum atomic E-state index is -1.10. The molecule has 0 bridgehead atoms. The third-order valence-electron chi connectivity index (χ3n) is 4.34. The number of para-hydroxylation sites is 1. The second-order valence-corrected chi connectivity index (χ2v) is 9.31. The molecular weight excluding hydrogens is 424 g/mol. The van der Waals surface area contributed by atoms with E-state index in [9.17, 15) is 9.00 Å². The highest BCUT2D eigenvalue weighted by Crippen LogP contribution is 2.23. The summed E-state index contributed by atoms with van der Waals surface area (Å²) in [5, 5.41) is 1.73. The maximum atomic E-state index is 13.2. The van der Waals surface area contributed by atoms with Crippen molar-refractivity contribution in [1.82, 2.24) is 9.55 Å². The van der Waals surface area contributed by atoms with E-state index in [-0.39, 0.29) is 5.56 Å². The standard InChI is InChI=1S/C22H17ClN2O2S2/c23-16-10-12-17(13-11-16)25-21(26)19-8-4-5-9-20(19)24-22(25)28-14-15-29(27)18-6-2-1-3-7-18/h1-13H,14-15H2. The number of aromatic nitrogens is 2. The van der Waals surface area contributed by atoms with Crippen LogP contribution < -0.4 is 5.56 Å². The van der Waals surface area contributed by atoms with Gasteiger partial charge in [-0.3, -0.25) is 13.6 Å². The maximum Gasteiger partial charge on any atom is 0.266 e. The molecular formula is C22H17ClN2O2S2. The summed E-state index contributed by atoms with van der Waals surface area (Å²) in [4.78, 5) is 18.7. The highest BCUT2D eigenvalue weighted by molar-refractivity contribution is 8.00. The molecule has 0 aliphatic heterocycles. The lowest BCUT2D eigenvalue weighted by Gasteiger charge is -2.13. The average Bonchev–Trinajstić information content (AvgIpc) is 2.75. The van der Waals surface area contributed by atoms with Gasteiger partial charge in [0.15, 0.2) is 5.16 Å². The molecule has 4 aromatic rings. The van der Waals surface area contributed by atoms with Crippen molar-refractivity contribution >= 4 is 45.1 Å². The molecule has 1 aromatic heterocycles. The molecule has 7 heteroatoms. The highest BCUT2D eigenvalue weighted by atomic mass is 35.5. The van der Waals surface area contributed by atoms with Gasteiger partial charge in [0, 0.05) is 21.4 Å². The van der Waals surface area contributed by atoms with Gasteiger partial charge < -0.3 is 0 Å². The Bertz CT molecular complexity index is 1230. The van der Waals surface area contributed by atoms with Crippen LogP contribution in [0.1, 0.15) is 0 Å². The molecule has 0 saturated heterocycles. The van der Waals surface area contributed by atoms with Gasteiger partial charge in [-0.2, -0.15) is 0 Å². The van der Waals surface area contributed by atoms with Crippen LogP contribution in [0.5, 0.6) is 0 Å². The Hall–Kier alpha value is -2.41. The van der Waals surface area contributed by atoms with Crippen LogP contribution in [0.15, 0.2) is 93.7 Å². The molecule has 0 aliphatic carbocycles. The minimum Gasteiger partial charge on any atom is -0.268 e. The zero-order chi connectivity index (χ0) is 20.2. The Kier molecular flexibility index (Phi) is 6.13. The van der Waals surface area contributed by atoms with E-state index < -0.39 is 10.8 Å². The van der Waals surface area contributed by atoms with E-state index in [1.807, 2.05) is 48.5 Å². The fraction of sp³-hybridized carbons (Fsp3) is 0.0909. The quantitative estimate of drug-likeness (QED) is 0.315. The summed E-state index contributed by atoms with van der Waals surface area (Å²) in [6, 6.07) is 23.8. The van der Waals surface area contributed by atoms with Crippen LogP contribution in [-0.2, 0) is 10.8 Å². The number of rotatable bonds is 6. The van der Waals surface area contributed by atoms with E-state index in [4.69, 9.17) is 16.6 Å². The van der Waals surface area contributed by atoms with Gasteiger partial charge in [0.05, 0.1) is 27.4 Å². The molecule has 146 valence electrons. The molecule has 4 rings (SSSR count). The molecule has 29 heavy (non-hydrogen) atoms. The fourth-order valence-corrected chi connectivity index (χ4v) is 5.35. The molecule has 0 N–H and O–H groups in total. The summed E-state index contributed by atoms with van der Waals surface area (Å²) < 4.78 is 14.1. The minimum absolute atomic E-state index is 0.135. The first-order valence-electron chi connectivity index (χ1n) is 8.97. The van der Waals surface area contributed by atoms with Gasteiger partial charge in [-0.15, -0.1) is 0 Å². The topological polar surface area (TPSA) is 52.0 Å². The van der Waals surface area contributed by atoms with E-state index in [0.717, 1.165) is 4.90 Å². The van der Waals surface area contributed by atoms with Gasteiger partial charge in [0.25, 0.3) is 5.56 Å². The van der Waals surface area contributed by atoms with Gasteiger partial charge >= 0.3 is 0 Å². The predicted molar refractivity (Wildman–Crippen MR) is 121 cm³/mol.